The van der Waals surface area contributed by atoms with Gasteiger partial charge in [-0.05, 0) is 61.8 Å². The molecule has 0 unspecified atom stereocenters. The molecule has 1 N–H and O–H groups in total. The maximum Gasteiger partial charge on any atom is 0.303 e. The lowest BCUT2D eigenvalue weighted by Gasteiger charge is -2.18. The van der Waals surface area contributed by atoms with Crippen molar-refractivity contribution < 1.29 is 14.6 Å². The van der Waals surface area contributed by atoms with Crippen LogP contribution in [0.2, 0.25) is 0 Å². The van der Waals surface area contributed by atoms with Gasteiger partial charge in [0, 0.05) is 12.0 Å². The van der Waals surface area contributed by atoms with Crippen LogP contribution in [0.1, 0.15) is 44.1 Å². The van der Waals surface area contributed by atoms with E-state index in [1.54, 1.807) is 0 Å². The standard InChI is InChI=1S/C21H24O3/c22-21(23)12-6-7-16-13-14-20(24-18-10-4-5-11-18)19(15-16)17-8-2-1-3-9-17/h1-3,8-9,13-15,18H,4-7,10-12H2,(H,22,23). The van der Waals surface area contributed by atoms with Crippen molar-refractivity contribution in [2.45, 2.75) is 51.0 Å². The van der Waals surface area contributed by atoms with Crippen LogP contribution in [0.4, 0.5) is 0 Å². The van der Waals surface area contributed by atoms with Gasteiger partial charge >= 0.3 is 5.97 Å². The zero-order valence-electron chi connectivity index (χ0n) is 13.9. The number of hydrogen-bond acceptors (Lipinski definition) is 2. The predicted molar refractivity (Wildman–Crippen MR) is 95.3 cm³/mol. The Labute approximate surface area is 143 Å². The van der Waals surface area contributed by atoms with E-state index in [1.807, 2.05) is 18.2 Å². The van der Waals surface area contributed by atoms with E-state index < -0.39 is 5.97 Å². The van der Waals surface area contributed by atoms with E-state index in [0.29, 0.717) is 12.5 Å². The molecule has 1 aliphatic carbocycles. The molecule has 24 heavy (non-hydrogen) atoms. The third-order valence-corrected chi connectivity index (χ3v) is 4.58. The Bertz CT molecular complexity index is 673. The van der Waals surface area contributed by atoms with E-state index in [9.17, 15) is 4.79 Å². The average molecular weight is 324 g/mol. The fourth-order valence-electron chi connectivity index (χ4n) is 3.31. The highest BCUT2D eigenvalue weighted by Crippen LogP contribution is 2.34. The predicted octanol–water partition coefficient (Wildman–Crippen LogP) is 5.08. The molecular formula is C21H24O3. The quantitative estimate of drug-likeness (QED) is 0.772. The molecule has 1 saturated carbocycles. The maximum atomic E-state index is 10.7. The highest BCUT2D eigenvalue weighted by Gasteiger charge is 2.18. The molecule has 0 spiro atoms. The summed E-state index contributed by atoms with van der Waals surface area (Å²) in [6, 6.07) is 16.5. The van der Waals surface area contributed by atoms with Gasteiger partial charge in [-0.15, -0.1) is 0 Å². The third kappa shape index (κ3) is 4.38. The first-order valence-corrected chi connectivity index (χ1v) is 8.79. The molecule has 0 amide bonds. The minimum absolute atomic E-state index is 0.209. The largest absolute Gasteiger partial charge is 0.490 e. The van der Waals surface area contributed by atoms with Crippen LogP contribution in [-0.2, 0) is 11.2 Å². The van der Waals surface area contributed by atoms with Gasteiger partial charge < -0.3 is 9.84 Å². The molecule has 0 radical (unpaired) electrons. The summed E-state index contributed by atoms with van der Waals surface area (Å²) in [5, 5.41) is 8.81. The summed E-state index contributed by atoms with van der Waals surface area (Å²) in [5.74, 6) is 0.203. The molecule has 2 aromatic carbocycles. The van der Waals surface area contributed by atoms with Crippen molar-refractivity contribution in [3.05, 3.63) is 54.1 Å². The van der Waals surface area contributed by atoms with E-state index in [4.69, 9.17) is 9.84 Å². The van der Waals surface area contributed by atoms with Gasteiger partial charge in [-0.3, -0.25) is 4.79 Å². The van der Waals surface area contributed by atoms with E-state index in [2.05, 4.69) is 30.3 Å². The molecule has 0 bridgehead atoms. The lowest BCUT2D eigenvalue weighted by atomic mass is 9.99. The molecule has 0 saturated heterocycles. The second-order valence-electron chi connectivity index (χ2n) is 6.47. The summed E-state index contributed by atoms with van der Waals surface area (Å²) in [4.78, 5) is 10.7. The van der Waals surface area contributed by atoms with Crippen molar-refractivity contribution in [2.24, 2.45) is 0 Å². The molecule has 0 aliphatic heterocycles. The molecule has 0 atom stereocenters. The van der Waals surface area contributed by atoms with Crippen molar-refractivity contribution in [2.75, 3.05) is 0 Å². The topological polar surface area (TPSA) is 46.5 Å². The minimum atomic E-state index is -0.737. The van der Waals surface area contributed by atoms with Gasteiger partial charge in [0.15, 0.2) is 0 Å². The molecule has 0 heterocycles. The zero-order chi connectivity index (χ0) is 16.8. The lowest BCUT2D eigenvalue weighted by molar-refractivity contribution is -0.137. The van der Waals surface area contributed by atoms with Crippen LogP contribution in [-0.4, -0.2) is 17.2 Å². The van der Waals surface area contributed by atoms with Crippen LogP contribution >= 0.6 is 0 Å². The van der Waals surface area contributed by atoms with Crippen molar-refractivity contribution in [1.29, 1.82) is 0 Å². The Hall–Kier alpha value is -2.29. The van der Waals surface area contributed by atoms with Crippen LogP contribution in [0.5, 0.6) is 5.75 Å². The highest BCUT2D eigenvalue weighted by atomic mass is 16.5. The fraction of sp³-hybridized carbons (Fsp3) is 0.381. The van der Waals surface area contributed by atoms with Crippen molar-refractivity contribution in [1.82, 2.24) is 0 Å². The van der Waals surface area contributed by atoms with E-state index in [-0.39, 0.29) is 6.42 Å². The Morgan fingerprint density at radius 3 is 2.54 bits per heavy atom. The third-order valence-electron chi connectivity index (χ3n) is 4.58. The van der Waals surface area contributed by atoms with Gasteiger partial charge in [-0.2, -0.15) is 0 Å². The summed E-state index contributed by atoms with van der Waals surface area (Å²) in [6.45, 7) is 0. The molecule has 1 fully saturated rings. The average Bonchev–Trinajstić information content (AvgIpc) is 3.09. The van der Waals surface area contributed by atoms with Crippen LogP contribution in [0.3, 0.4) is 0 Å². The minimum Gasteiger partial charge on any atom is -0.490 e. The Balaban J connectivity index is 1.83. The smallest absolute Gasteiger partial charge is 0.303 e. The molecule has 1 aliphatic rings. The van der Waals surface area contributed by atoms with Crippen LogP contribution in [0.25, 0.3) is 11.1 Å². The highest BCUT2D eigenvalue weighted by molar-refractivity contribution is 5.71. The van der Waals surface area contributed by atoms with Crippen LogP contribution in [0, 0.1) is 0 Å². The van der Waals surface area contributed by atoms with E-state index >= 15 is 0 Å². The number of benzene rings is 2. The van der Waals surface area contributed by atoms with Crippen LogP contribution < -0.4 is 4.74 Å². The van der Waals surface area contributed by atoms with Crippen molar-refractivity contribution in [3.63, 3.8) is 0 Å². The summed E-state index contributed by atoms with van der Waals surface area (Å²) in [6.07, 6.45) is 6.73. The van der Waals surface area contributed by atoms with E-state index in [1.165, 1.54) is 12.8 Å². The maximum absolute atomic E-state index is 10.7. The molecule has 126 valence electrons. The van der Waals surface area contributed by atoms with Crippen LogP contribution in [0.15, 0.2) is 48.5 Å². The van der Waals surface area contributed by atoms with Gasteiger partial charge in [0.05, 0.1) is 6.10 Å². The van der Waals surface area contributed by atoms with Crippen molar-refractivity contribution in [3.8, 4) is 16.9 Å². The number of aliphatic carboxylic acids is 1. The number of hydrogen-bond donors (Lipinski definition) is 1. The molecule has 2 aromatic rings. The number of carbonyl (C=O) groups is 1. The number of carboxylic acid groups (broad SMARTS) is 1. The normalized spacial score (nSPS) is 14.7. The fourth-order valence-corrected chi connectivity index (χ4v) is 3.31. The van der Waals surface area contributed by atoms with Gasteiger partial charge in [0.1, 0.15) is 5.75 Å². The van der Waals surface area contributed by atoms with Gasteiger partial charge in [-0.25, -0.2) is 0 Å². The SMILES string of the molecule is O=C(O)CCCc1ccc(OC2CCCC2)c(-c2ccccc2)c1. The van der Waals surface area contributed by atoms with Gasteiger partial charge in [0.2, 0.25) is 0 Å². The lowest BCUT2D eigenvalue weighted by Crippen LogP contribution is -2.11. The number of carboxylic acids is 1. The van der Waals surface area contributed by atoms with Gasteiger partial charge in [-0.1, -0.05) is 36.4 Å². The molecular weight excluding hydrogens is 300 g/mol. The first-order valence-electron chi connectivity index (χ1n) is 8.79. The number of rotatable bonds is 7. The van der Waals surface area contributed by atoms with Crippen molar-refractivity contribution >= 4 is 5.97 Å². The number of ether oxygens (including phenoxy) is 1. The van der Waals surface area contributed by atoms with E-state index in [0.717, 1.165) is 41.7 Å². The first-order chi connectivity index (χ1) is 11.7. The van der Waals surface area contributed by atoms with Gasteiger partial charge in [0.25, 0.3) is 0 Å². The summed E-state index contributed by atoms with van der Waals surface area (Å²) in [7, 11) is 0. The second kappa shape index (κ2) is 8.00. The Morgan fingerprint density at radius 2 is 1.83 bits per heavy atom. The number of aryl methyl sites for hydroxylation is 1. The molecule has 3 nitrogen and oxygen atoms in total. The monoisotopic (exact) mass is 324 g/mol. The summed E-state index contributed by atoms with van der Waals surface area (Å²) in [5.41, 5.74) is 3.41. The molecule has 3 heteroatoms. The zero-order valence-corrected chi connectivity index (χ0v) is 13.9. The second-order valence-corrected chi connectivity index (χ2v) is 6.47. The summed E-state index contributed by atoms with van der Waals surface area (Å²) >= 11 is 0. The molecule has 3 rings (SSSR count). The Morgan fingerprint density at radius 1 is 1.08 bits per heavy atom. The summed E-state index contributed by atoms with van der Waals surface area (Å²) < 4.78 is 6.26. The Kier molecular flexibility index (Phi) is 5.52. The first kappa shape index (κ1) is 16.6. The molecule has 0 aromatic heterocycles.